The van der Waals surface area contributed by atoms with E-state index < -0.39 is 15.6 Å². The van der Waals surface area contributed by atoms with Crippen molar-refractivity contribution < 1.29 is 17.4 Å². The van der Waals surface area contributed by atoms with Gasteiger partial charge in [-0.1, -0.05) is 0 Å². The van der Waals surface area contributed by atoms with E-state index in [9.17, 15) is 12.8 Å². The summed E-state index contributed by atoms with van der Waals surface area (Å²) in [6.07, 6.45) is 0. The Hall–Kier alpha value is -0.160. The highest BCUT2D eigenvalue weighted by Gasteiger charge is 2.13. The van der Waals surface area contributed by atoms with Crippen LogP contribution in [0.15, 0.2) is 0 Å². The van der Waals surface area contributed by atoms with E-state index in [1.807, 2.05) is 0 Å². The van der Waals surface area contributed by atoms with Crippen molar-refractivity contribution in [2.24, 2.45) is 0 Å². The molecule has 7 heavy (non-hydrogen) atoms. The van der Waals surface area contributed by atoms with Gasteiger partial charge in [0.1, 0.15) is 0 Å². The Bertz CT molecular complexity index is 135. The van der Waals surface area contributed by atoms with Crippen LogP contribution >= 0.6 is 0 Å². The average molecular weight is 128 g/mol. The topological polar surface area (TPSA) is 54.4 Å². The van der Waals surface area contributed by atoms with Crippen molar-refractivity contribution in [3.8, 4) is 0 Å². The molecule has 0 radical (unpaired) electrons. The summed E-state index contributed by atoms with van der Waals surface area (Å²) < 4.78 is 38.1. The molecule has 3 nitrogen and oxygen atoms in total. The zero-order valence-electron chi connectivity index (χ0n) is 3.63. The maximum Gasteiger partial charge on any atom is 0.297 e. The molecule has 1 atom stereocenters. The fourth-order valence-corrected chi connectivity index (χ4v) is 0. The van der Waals surface area contributed by atoms with Crippen molar-refractivity contribution in [3.05, 3.63) is 0 Å². The zero-order chi connectivity index (χ0) is 6.08. The minimum atomic E-state index is -4.41. The largest absolute Gasteiger partial charge is 0.297 e. The summed E-state index contributed by atoms with van der Waals surface area (Å²) in [5, 5.41) is 0. The molecule has 0 rings (SSSR count). The zero-order valence-corrected chi connectivity index (χ0v) is 4.44. The minimum absolute atomic E-state index is 0.745. The molecule has 5 heteroatoms. The Morgan fingerprint density at radius 2 is 1.86 bits per heavy atom. The van der Waals surface area contributed by atoms with Crippen molar-refractivity contribution in [1.29, 1.82) is 0 Å². The number of halogens is 1. The molecule has 0 aliphatic carbocycles. The Kier molecular flexibility index (Phi) is 1.71. The quantitative estimate of drug-likeness (QED) is 0.513. The van der Waals surface area contributed by atoms with Gasteiger partial charge in [-0.25, -0.2) is 4.39 Å². The molecule has 0 fully saturated rings. The maximum atomic E-state index is 11.4. The highest BCUT2D eigenvalue weighted by atomic mass is 32.2. The predicted octanol–water partition coefficient (Wildman–Crippen LogP) is 0.190. The lowest BCUT2D eigenvalue weighted by molar-refractivity contribution is 0.390. The van der Waals surface area contributed by atoms with Crippen LogP contribution in [0, 0.1) is 0 Å². The van der Waals surface area contributed by atoms with Gasteiger partial charge in [-0.15, -0.1) is 0 Å². The van der Waals surface area contributed by atoms with Gasteiger partial charge in [0, 0.05) is 0 Å². The first-order valence-corrected chi connectivity index (χ1v) is 3.05. The second kappa shape index (κ2) is 1.75. The Labute approximate surface area is 40.9 Å². The third-order valence-corrected chi connectivity index (χ3v) is 1.23. The second-order valence-corrected chi connectivity index (χ2v) is 2.74. The minimum Gasteiger partial charge on any atom is -0.283 e. The van der Waals surface area contributed by atoms with Crippen LogP contribution in [0.25, 0.3) is 0 Å². The van der Waals surface area contributed by atoms with Crippen LogP contribution in [0.1, 0.15) is 6.92 Å². The van der Waals surface area contributed by atoms with E-state index in [-0.39, 0.29) is 0 Å². The Morgan fingerprint density at radius 3 is 1.86 bits per heavy atom. The van der Waals surface area contributed by atoms with Crippen LogP contribution in [0.3, 0.4) is 0 Å². The molecule has 0 aliphatic heterocycles. The second-order valence-electron chi connectivity index (χ2n) is 1.06. The van der Waals surface area contributed by atoms with Crippen molar-refractivity contribution in [2.45, 2.75) is 12.4 Å². The SMILES string of the molecule is CC(F)S(=O)(=O)O. The maximum absolute atomic E-state index is 11.4. The van der Waals surface area contributed by atoms with E-state index in [4.69, 9.17) is 4.55 Å². The van der Waals surface area contributed by atoms with Gasteiger partial charge in [0.15, 0.2) is 0 Å². The first-order valence-electron chi connectivity index (χ1n) is 1.55. The van der Waals surface area contributed by atoms with Crippen molar-refractivity contribution in [3.63, 3.8) is 0 Å². The van der Waals surface area contributed by atoms with Crippen LogP contribution in [0.2, 0.25) is 0 Å². The van der Waals surface area contributed by atoms with Crippen LogP contribution in [-0.2, 0) is 10.1 Å². The first kappa shape index (κ1) is 6.84. The summed E-state index contributed by atoms with van der Waals surface area (Å²) in [5.41, 5.74) is -2.17. The van der Waals surface area contributed by atoms with Gasteiger partial charge in [-0.3, -0.25) is 4.55 Å². The van der Waals surface area contributed by atoms with E-state index >= 15 is 0 Å². The summed E-state index contributed by atoms with van der Waals surface area (Å²) in [6.45, 7) is 0.745. The number of hydrogen-bond donors (Lipinski definition) is 1. The molecular formula is C2H5FO3S. The summed E-state index contributed by atoms with van der Waals surface area (Å²) in [4.78, 5) is 0. The fourth-order valence-electron chi connectivity index (χ4n) is 0. The molecule has 44 valence electrons. The summed E-state index contributed by atoms with van der Waals surface area (Å²) >= 11 is 0. The van der Waals surface area contributed by atoms with E-state index in [1.54, 1.807) is 0 Å². The molecule has 0 spiro atoms. The lowest BCUT2D eigenvalue weighted by atomic mass is 10.9. The number of alkyl halides is 1. The number of rotatable bonds is 1. The van der Waals surface area contributed by atoms with Gasteiger partial charge in [-0.2, -0.15) is 8.42 Å². The van der Waals surface area contributed by atoms with Crippen LogP contribution < -0.4 is 0 Å². The molecule has 0 saturated heterocycles. The van der Waals surface area contributed by atoms with Crippen molar-refractivity contribution in [2.75, 3.05) is 0 Å². The normalized spacial score (nSPS) is 16.4. The molecule has 1 N–H and O–H groups in total. The van der Waals surface area contributed by atoms with Crippen molar-refractivity contribution >= 4 is 10.1 Å². The Balaban J connectivity index is 4.10. The van der Waals surface area contributed by atoms with Gasteiger partial charge in [0.2, 0.25) is 5.50 Å². The molecule has 0 aromatic rings. The van der Waals surface area contributed by atoms with Gasteiger partial charge in [-0.05, 0) is 6.92 Å². The first-order chi connectivity index (χ1) is 2.94. The molecule has 0 aliphatic rings. The molecular weight excluding hydrogens is 123 g/mol. The molecule has 0 saturated carbocycles. The van der Waals surface area contributed by atoms with E-state index in [2.05, 4.69) is 0 Å². The highest BCUT2D eigenvalue weighted by Crippen LogP contribution is 1.95. The number of hydrogen-bond acceptors (Lipinski definition) is 2. The Morgan fingerprint density at radius 1 is 1.71 bits per heavy atom. The van der Waals surface area contributed by atoms with E-state index in [0.717, 1.165) is 6.92 Å². The summed E-state index contributed by atoms with van der Waals surface area (Å²) in [6, 6.07) is 0. The third kappa shape index (κ3) is 2.52. The molecule has 0 aromatic heterocycles. The monoisotopic (exact) mass is 128 g/mol. The average Bonchev–Trinajstić information content (AvgIpc) is 1.31. The fraction of sp³-hybridized carbons (Fsp3) is 1.00. The standard InChI is InChI=1S/C2H5FO3S/c1-2(3)7(4,5)6/h2H,1H3,(H,4,5,6). The van der Waals surface area contributed by atoms with Gasteiger partial charge >= 0.3 is 0 Å². The van der Waals surface area contributed by atoms with E-state index in [0.29, 0.717) is 0 Å². The molecule has 1 unspecified atom stereocenters. The van der Waals surface area contributed by atoms with Crippen molar-refractivity contribution in [1.82, 2.24) is 0 Å². The van der Waals surface area contributed by atoms with Gasteiger partial charge in [0.05, 0.1) is 0 Å². The van der Waals surface area contributed by atoms with E-state index in [1.165, 1.54) is 0 Å². The molecule has 0 bridgehead atoms. The smallest absolute Gasteiger partial charge is 0.283 e. The predicted molar refractivity (Wildman–Crippen MR) is 22.1 cm³/mol. The summed E-state index contributed by atoms with van der Waals surface area (Å²) in [5.74, 6) is 0. The molecule has 0 heterocycles. The van der Waals surface area contributed by atoms with Gasteiger partial charge < -0.3 is 0 Å². The highest BCUT2D eigenvalue weighted by molar-refractivity contribution is 7.86. The molecule has 0 amide bonds. The molecule has 0 aromatic carbocycles. The lowest BCUT2D eigenvalue weighted by Crippen LogP contribution is -2.09. The summed E-state index contributed by atoms with van der Waals surface area (Å²) in [7, 11) is -4.41. The third-order valence-electron chi connectivity index (χ3n) is 0.410. The lowest BCUT2D eigenvalue weighted by Gasteiger charge is -1.90. The van der Waals surface area contributed by atoms with Crippen LogP contribution in [-0.4, -0.2) is 18.5 Å². The van der Waals surface area contributed by atoms with Gasteiger partial charge in [0.25, 0.3) is 10.1 Å². The van der Waals surface area contributed by atoms with Crippen LogP contribution in [0.5, 0.6) is 0 Å². The van der Waals surface area contributed by atoms with Crippen LogP contribution in [0.4, 0.5) is 4.39 Å².